The maximum Gasteiger partial charge on any atom is 0.130 e. The van der Waals surface area contributed by atoms with E-state index in [1.54, 1.807) is 18.2 Å². The molecule has 1 aliphatic carbocycles. The third-order valence-corrected chi connectivity index (χ3v) is 5.17. The molecule has 2 aliphatic rings. The lowest BCUT2D eigenvalue weighted by Gasteiger charge is -2.09. The first-order valence-electron chi connectivity index (χ1n) is 9.80. The number of halogens is 2. The van der Waals surface area contributed by atoms with Crippen molar-refractivity contribution < 1.29 is 13.5 Å². The van der Waals surface area contributed by atoms with Gasteiger partial charge < -0.3 is 10.5 Å². The van der Waals surface area contributed by atoms with Crippen LogP contribution in [0, 0.1) is 17.6 Å². The third kappa shape index (κ3) is 4.40. The Morgan fingerprint density at radius 1 is 1.07 bits per heavy atom. The summed E-state index contributed by atoms with van der Waals surface area (Å²) in [5.41, 5.74) is 10.7. The van der Waals surface area contributed by atoms with E-state index >= 15 is 0 Å². The van der Waals surface area contributed by atoms with Gasteiger partial charge in [0.05, 0.1) is 11.4 Å². The van der Waals surface area contributed by atoms with Gasteiger partial charge in [0.25, 0.3) is 0 Å². The average Bonchev–Trinajstić information content (AvgIpc) is 3.15. The molecule has 2 N–H and O–H groups in total. The monoisotopic (exact) mass is 404 g/mol. The second kappa shape index (κ2) is 8.49. The molecule has 1 atom stereocenters. The van der Waals surface area contributed by atoms with E-state index in [0.29, 0.717) is 18.0 Å². The van der Waals surface area contributed by atoms with Gasteiger partial charge in [0, 0.05) is 17.2 Å². The standard InChI is InChI=1S/C25H22F2N2O/c1-16-5-6-17(23-12-9-20(27)14-24(23)28)3-2-4-18-13-21(29-25(16)18)15-30-22-10-7-19(26)8-11-22/h3,5-14,18H,1-2,4,15,28H2/b6-5+,17-3+. The summed E-state index contributed by atoms with van der Waals surface area (Å²) in [6.07, 6.45) is 9.76. The number of allylic oxidation sites excluding steroid dienone is 6. The van der Waals surface area contributed by atoms with Gasteiger partial charge in [-0.3, -0.25) is 4.99 Å². The number of hydrogen-bond acceptors (Lipinski definition) is 3. The zero-order valence-corrected chi connectivity index (χ0v) is 16.4. The van der Waals surface area contributed by atoms with Crippen LogP contribution in [0.4, 0.5) is 14.5 Å². The Hall–Kier alpha value is -3.47. The van der Waals surface area contributed by atoms with Gasteiger partial charge in [-0.25, -0.2) is 8.78 Å². The van der Waals surface area contributed by atoms with E-state index in [0.717, 1.165) is 41.0 Å². The van der Waals surface area contributed by atoms with Crippen molar-refractivity contribution in [3.8, 4) is 5.75 Å². The van der Waals surface area contributed by atoms with Crippen LogP contribution in [0.15, 0.2) is 89.6 Å². The van der Waals surface area contributed by atoms with Crippen molar-refractivity contribution >= 4 is 17.0 Å². The Morgan fingerprint density at radius 2 is 1.83 bits per heavy atom. The second-order valence-corrected chi connectivity index (χ2v) is 7.33. The SMILES string of the molecule is C=C1/C=C/C(c2ccc(F)cc2N)=C\CCC2C=C(COc3ccc(F)cc3)N=C12. The number of hydrogen-bond donors (Lipinski definition) is 1. The van der Waals surface area contributed by atoms with E-state index in [-0.39, 0.29) is 17.6 Å². The Balaban J connectivity index is 1.49. The molecule has 30 heavy (non-hydrogen) atoms. The highest BCUT2D eigenvalue weighted by atomic mass is 19.1. The number of nitrogens with two attached hydrogens (primary N) is 1. The molecule has 2 aromatic rings. The maximum atomic E-state index is 13.4. The van der Waals surface area contributed by atoms with Gasteiger partial charge in [-0.05, 0) is 66.5 Å². The first kappa shape index (κ1) is 19.8. The minimum Gasteiger partial charge on any atom is -0.487 e. The Morgan fingerprint density at radius 3 is 2.60 bits per heavy atom. The highest BCUT2D eigenvalue weighted by Gasteiger charge is 2.23. The molecule has 5 heteroatoms. The molecule has 1 heterocycles. The highest BCUT2D eigenvalue weighted by Crippen LogP contribution is 2.31. The van der Waals surface area contributed by atoms with Crippen molar-refractivity contribution in [2.45, 2.75) is 12.8 Å². The van der Waals surface area contributed by atoms with Crippen LogP contribution >= 0.6 is 0 Å². The van der Waals surface area contributed by atoms with Crippen molar-refractivity contribution in [2.75, 3.05) is 12.3 Å². The lowest BCUT2D eigenvalue weighted by Crippen LogP contribution is -2.09. The van der Waals surface area contributed by atoms with E-state index in [1.807, 2.05) is 12.2 Å². The van der Waals surface area contributed by atoms with Crippen LogP contribution in [0.2, 0.25) is 0 Å². The summed E-state index contributed by atoms with van der Waals surface area (Å²) >= 11 is 0. The maximum absolute atomic E-state index is 13.4. The lowest BCUT2D eigenvalue weighted by molar-refractivity contribution is 0.350. The first-order valence-corrected chi connectivity index (χ1v) is 9.80. The quantitative estimate of drug-likeness (QED) is 0.648. The summed E-state index contributed by atoms with van der Waals surface area (Å²) in [5.74, 6) is 0.102. The summed E-state index contributed by atoms with van der Waals surface area (Å²) < 4.78 is 32.1. The van der Waals surface area contributed by atoms with Crippen LogP contribution in [0.25, 0.3) is 5.57 Å². The fraction of sp³-hybridized carbons (Fsp3) is 0.160. The largest absolute Gasteiger partial charge is 0.487 e. The summed E-state index contributed by atoms with van der Waals surface area (Å²) in [6.45, 7) is 4.49. The number of ether oxygens (including phenoxy) is 1. The van der Waals surface area contributed by atoms with E-state index in [1.165, 1.54) is 24.3 Å². The molecule has 0 fully saturated rings. The summed E-state index contributed by atoms with van der Waals surface area (Å²) in [7, 11) is 0. The summed E-state index contributed by atoms with van der Waals surface area (Å²) in [5, 5.41) is 0. The minimum absolute atomic E-state index is 0.148. The van der Waals surface area contributed by atoms with Gasteiger partial charge >= 0.3 is 0 Å². The summed E-state index contributed by atoms with van der Waals surface area (Å²) in [4.78, 5) is 4.72. The number of aliphatic imine (C=N–C) groups is 1. The smallest absolute Gasteiger partial charge is 0.130 e. The molecule has 0 aromatic heterocycles. The number of rotatable bonds is 4. The van der Waals surface area contributed by atoms with Gasteiger partial charge in [0.1, 0.15) is 24.0 Å². The van der Waals surface area contributed by atoms with E-state index in [4.69, 9.17) is 15.5 Å². The highest BCUT2D eigenvalue weighted by molar-refractivity contribution is 6.07. The third-order valence-electron chi connectivity index (χ3n) is 5.17. The first-order chi connectivity index (χ1) is 14.5. The van der Waals surface area contributed by atoms with Crippen molar-refractivity contribution in [1.82, 2.24) is 0 Å². The van der Waals surface area contributed by atoms with Crippen molar-refractivity contribution in [3.63, 3.8) is 0 Å². The van der Waals surface area contributed by atoms with Gasteiger partial charge in [-0.2, -0.15) is 0 Å². The minimum atomic E-state index is -0.349. The van der Waals surface area contributed by atoms with E-state index < -0.39 is 0 Å². The fourth-order valence-electron chi connectivity index (χ4n) is 3.64. The molecular formula is C25H22F2N2O. The number of nitrogen functional groups attached to an aromatic ring is 1. The van der Waals surface area contributed by atoms with Gasteiger partial charge in [-0.1, -0.05) is 30.9 Å². The van der Waals surface area contributed by atoms with Crippen LogP contribution in [0.1, 0.15) is 18.4 Å². The predicted octanol–water partition coefficient (Wildman–Crippen LogP) is 5.87. The topological polar surface area (TPSA) is 47.6 Å². The number of nitrogens with zero attached hydrogens (tertiary/aromatic N) is 1. The number of anilines is 1. The van der Waals surface area contributed by atoms with Crippen LogP contribution in [-0.4, -0.2) is 12.3 Å². The Labute approximate surface area is 174 Å². The van der Waals surface area contributed by atoms with Crippen LogP contribution < -0.4 is 10.5 Å². The number of benzene rings is 2. The molecule has 3 nitrogen and oxygen atoms in total. The van der Waals surface area contributed by atoms with E-state index in [9.17, 15) is 8.78 Å². The Kier molecular flexibility index (Phi) is 5.61. The molecule has 2 aromatic carbocycles. The average molecular weight is 404 g/mol. The van der Waals surface area contributed by atoms with Crippen molar-refractivity contribution in [2.24, 2.45) is 10.9 Å². The van der Waals surface area contributed by atoms with Crippen molar-refractivity contribution in [3.05, 3.63) is 102 Å². The molecule has 0 saturated carbocycles. The fourth-order valence-corrected chi connectivity index (χ4v) is 3.64. The van der Waals surface area contributed by atoms with Gasteiger partial charge in [0.15, 0.2) is 0 Å². The normalized spacial score (nSPS) is 21.3. The van der Waals surface area contributed by atoms with E-state index in [2.05, 4.69) is 18.7 Å². The van der Waals surface area contributed by atoms with Gasteiger partial charge in [0.2, 0.25) is 0 Å². The van der Waals surface area contributed by atoms with Crippen LogP contribution in [0.5, 0.6) is 5.75 Å². The molecule has 0 spiro atoms. The molecule has 0 amide bonds. The molecule has 4 rings (SSSR count). The zero-order valence-electron chi connectivity index (χ0n) is 16.4. The number of fused-ring (bicyclic) bond motifs is 1. The second-order valence-electron chi connectivity index (χ2n) is 7.33. The van der Waals surface area contributed by atoms with Gasteiger partial charge in [-0.15, -0.1) is 0 Å². The van der Waals surface area contributed by atoms with Crippen LogP contribution in [-0.2, 0) is 0 Å². The molecule has 0 radical (unpaired) electrons. The zero-order chi connectivity index (χ0) is 21.1. The molecule has 0 saturated heterocycles. The molecule has 1 unspecified atom stereocenters. The van der Waals surface area contributed by atoms with Crippen molar-refractivity contribution in [1.29, 1.82) is 0 Å². The van der Waals surface area contributed by atoms with Crippen LogP contribution in [0.3, 0.4) is 0 Å². The molecule has 0 bridgehead atoms. The molecule has 1 aliphatic heterocycles. The molecule has 152 valence electrons. The lowest BCUT2D eigenvalue weighted by atomic mass is 9.94. The Bertz CT molecular complexity index is 1090. The molecular weight excluding hydrogens is 382 g/mol. The summed E-state index contributed by atoms with van der Waals surface area (Å²) in [6, 6.07) is 10.4. The predicted molar refractivity (Wildman–Crippen MR) is 117 cm³/mol.